The fourth-order valence-electron chi connectivity index (χ4n) is 16.2. The van der Waals surface area contributed by atoms with Crippen molar-refractivity contribution in [1.29, 1.82) is 0 Å². The Morgan fingerprint density at radius 2 is 1.24 bits per heavy atom. The van der Waals surface area contributed by atoms with Crippen LogP contribution in [0.25, 0.3) is 0 Å². The number of aliphatic hydroxyl groups is 12. The zero-order chi connectivity index (χ0) is 58.4. The van der Waals surface area contributed by atoms with Gasteiger partial charge in [0.2, 0.25) is 0 Å². The topological polar surface area (TPSA) is 388 Å². The van der Waals surface area contributed by atoms with Crippen LogP contribution in [-0.2, 0) is 52.3 Å². The summed E-state index contributed by atoms with van der Waals surface area (Å²) in [5, 5.41) is 143. The van der Waals surface area contributed by atoms with E-state index in [1.54, 1.807) is 19.9 Å². The molecule has 0 radical (unpaired) electrons. The van der Waals surface area contributed by atoms with Crippen molar-refractivity contribution < 1.29 is 119 Å². The molecule has 0 bridgehead atoms. The first-order valence-electron chi connectivity index (χ1n) is 27.7. The number of esters is 2. The van der Waals surface area contributed by atoms with Crippen molar-refractivity contribution in [1.82, 2.24) is 0 Å². The van der Waals surface area contributed by atoms with Crippen LogP contribution in [0.4, 0.5) is 0 Å². The standard InChI is InChI=1S/C55H86O24/c1-10-23(2)46(71)79-43-44(72-24(3)60)55(22-59)26(17-50(43,4)5)25-11-12-30-51(6)15-14-32(52(7,21-58)29(51)13-16-53(30,8)54(25,9)18-31(55)61)75-49-41(77-48-38(67)36(65)34(63)28(20-57)74-48)39(68)40(42(78-49)45(69)70)76-47-37(66)35(64)33(62)27(19-56)73-47/h10-11,26-44,47-49,56-59,61-68H,12-22H2,1-9H3,(H,69,70)/b23-10-/t26-,27+,28+,29+,30+,31+,32-,33+,34+,35-,36-,37+,38+,39-,40-,41+,42-,43-,44-,47-,48?,49+,51-,52+,53+,54+,55-/m0/s1. The number of hydrogen-bond acceptors (Lipinski definition) is 23. The van der Waals surface area contributed by atoms with Gasteiger partial charge in [-0.1, -0.05) is 59.3 Å². The van der Waals surface area contributed by atoms with Gasteiger partial charge in [-0.15, -0.1) is 0 Å². The molecule has 0 spiro atoms. The van der Waals surface area contributed by atoms with Crippen molar-refractivity contribution in [2.75, 3.05) is 26.4 Å². The van der Waals surface area contributed by atoms with Crippen LogP contribution in [0.2, 0.25) is 0 Å². The Hall–Kier alpha value is -2.83. The molecule has 1 unspecified atom stereocenters. The number of rotatable bonds is 14. The minimum atomic E-state index is -2.18. The van der Waals surface area contributed by atoms with E-state index in [9.17, 15) is 80.8 Å². The maximum atomic E-state index is 13.4. The molecule has 5 aliphatic carbocycles. The van der Waals surface area contributed by atoms with E-state index in [0.717, 1.165) is 5.57 Å². The molecule has 7 fully saturated rings. The van der Waals surface area contributed by atoms with Crippen molar-refractivity contribution in [3.63, 3.8) is 0 Å². The number of aliphatic carboxylic acids is 1. The Morgan fingerprint density at radius 1 is 0.658 bits per heavy atom. The van der Waals surface area contributed by atoms with E-state index < -0.39 is 199 Å². The minimum absolute atomic E-state index is 0.0849. The van der Waals surface area contributed by atoms with Crippen molar-refractivity contribution in [3.8, 4) is 0 Å². The van der Waals surface area contributed by atoms with Crippen LogP contribution < -0.4 is 0 Å². The number of ether oxygens (including phenoxy) is 8. The lowest BCUT2D eigenvalue weighted by Crippen LogP contribution is -2.72. The molecular formula is C55H86O24. The van der Waals surface area contributed by atoms with Crippen LogP contribution in [0.5, 0.6) is 0 Å². The van der Waals surface area contributed by atoms with Crippen molar-refractivity contribution in [2.45, 2.75) is 224 Å². The third-order valence-corrected chi connectivity index (χ3v) is 21.1. The number of hydrogen-bond donors (Lipinski definition) is 13. The van der Waals surface area contributed by atoms with Crippen molar-refractivity contribution >= 4 is 17.9 Å². The molecule has 3 heterocycles. The second-order valence-electron chi connectivity index (χ2n) is 25.5. The van der Waals surface area contributed by atoms with Crippen molar-refractivity contribution in [3.05, 3.63) is 23.3 Å². The first-order chi connectivity index (χ1) is 36.9. The molecule has 3 saturated heterocycles. The Bertz CT molecular complexity index is 2290. The highest BCUT2D eigenvalue weighted by atomic mass is 16.8. The highest BCUT2D eigenvalue weighted by Crippen LogP contribution is 2.76. The molecule has 8 rings (SSSR count). The first-order valence-corrected chi connectivity index (χ1v) is 27.7. The molecule has 0 aromatic heterocycles. The Labute approximate surface area is 459 Å². The third-order valence-electron chi connectivity index (χ3n) is 21.1. The summed E-state index contributed by atoms with van der Waals surface area (Å²) in [6, 6.07) is 0. The highest BCUT2D eigenvalue weighted by Gasteiger charge is 2.74. The molecule has 0 amide bonds. The summed E-state index contributed by atoms with van der Waals surface area (Å²) < 4.78 is 48.2. The second-order valence-corrected chi connectivity index (χ2v) is 25.5. The van der Waals surface area contributed by atoms with Gasteiger partial charge < -0.3 is 104 Å². The number of carbonyl (C=O) groups is 3. The molecule has 79 heavy (non-hydrogen) atoms. The van der Waals surface area contributed by atoms with E-state index in [2.05, 4.69) is 26.8 Å². The SMILES string of the molecule is C/C=C(/C)C(=O)O[C@H]1[C@H](OC(C)=O)[C@]2(CO)[C@H](O)C[C@]3(C)C(=CC[C@@H]4[C@@]5(C)CC[C@H](O[C@@H]6O[C@H](C(=O)O)[C@@H](O[C@@H]7O[C@H](CO)[C@@H](O)[C@H](O)[C@H]7O)[C@H](O)[C@H]6OC6O[C@H](CO)[C@@H](O)[C@H](O)[C@H]6O)[C@](C)(CO)[C@@H]5CC[C@]43C)[C@@H]2CC1(C)C. The minimum Gasteiger partial charge on any atom is -0.479 e. The summed E-state index contributed by atoms with van der Waals surface area (Å²) in [4.78, 5) is 39.5. The molecule has 24 nitrogen and oxygen atoms in total. The molecule has 450 valence electrons. The van der Waals surface area contributed by atoms with Crippen molar-refractivity contribution in [2.24, 2.45) is 50.2 Å². The van der Waals surface area contributed by atoms with E-state index in [1.807, 2.05) is 20.8 Å². The molecular weight excluding hydrogens is 1040 g/mol. The average molecular weight is 1130 g/mol. The van der Waals surface area contributed by atoms with Gasteiger partial charge in [0.25, 0.3) is 0 Å². The van der Waals surface area contributed by atoms with Crippen LogP contribution in [0, 0.1) is 50.2 Å². The molecule has 0 aromatic carbocycles. The van der Waals surface area contributed by atoms with Gasteiger partial charge >= 0.3 is 17.9 Å². The van der Waals surface area contributed by atoms with Crippen LogP contribution in [0.15, 0.2) is 23.3 Å². The summed E-state index contributed by atoms with van der Waals surface area (Å²) in [6.45, 7) is 14.1. The Kier molecular flexibility index (Phi) is 17.8. The average Bonchev–Trinajstić information content (AvgIpc) is 3.29. The predicted molar refractivity (Wildman–Crippen MR) is 269 cm³/mol. The van der Waals surface area contributed by atoms with Gasteiger partial charge in [0.1, 0.15) is 79.4 Å². The number of carboxylic acid groups (broad SMARTS) is 1. The summed E-state index contributed by atoms with van der Waals surface area (Å²) in [6.07, 6.45) is -26.5. The monoisotopic (exact) mass is 1130 g/mol. The Balaban J connectivity index is 1.12. The fraction of sp³-hybridized carbons (Fsp3) is 0.873. The third kappa shape index (κ3) is 9.94. The number of allylic oxidation sites excluding steroid dienone is 3. The maximum absolute atomic E-state index is 13.4. The molecule has 24 heteroatoms. The van der Waals surface area contributed by atoms with Gasteiger partial charge in [-0.2, -0.15) is 0 Å². The molecule has 27 atom stereocenters. The van der Waals surface area contributed by atoms with E-state index in [1.165, 1.54) is 6.92 Å². The summed E-state index contributed by atoms with van der Waals surface area (Å²) >= 11 is 0. The largest absolute Gasteiger partial charge is 0.479 e. The van der Waals surface area contributed by atoms with Gasteiger partial charge in [-0.3, -0.25) is 4.79 Å². The molecule has 0 aromatic rings. The van der Waals surface area contributed by atoms with Crippen LogP contribution >= 0.6 is 0 Å². The first kappa shape index (κ1) is 62.2. The zero-order valence-electron chi connectivity index (χ0n) is 46.4. The lowest BCUT2D eigenvalue weighted by molar-refractivity contribution is -0.392. The number of aliphatic hydroxyl groups excluding tert-OH is 12. The fourth-order valence-corrected chi connectivity index (χ4v) is 16.2. The van der Waals surface area contributed by atoms with Gasteiger partial charge in [0.15, 0.2) is 25.0 Å². The molecule has 3 aliphatic heterocycles. The van der Waals surface area contributed by atoms with E-state index >= 15 is 0 Å². The lowest BCUT2D eigenvalue weighted by atomic mass is 9.33. The maximum Gasteiger partial charge on any atom is 0.335 e. The second kappa shape index (κ2) is 22.6. The highest BCUT2D eigenvalue weighted by molar-refractivity contribution is 5.87. The number of fused-ring (bicyclic) bond motifs is 7. The van der Waals surface area contributed by atoms with Crippen LogP contribution in [0.3, 0.4) is 0 Å². The van der Waals surface area contributed by atoms with Gasteiger partial charge in [-0.05, 0) is 92.8 Å². The van der Waals surface area contributed by atoms with E-state index in [4.69, 9.17) is 37.9 Å². The van der Waals surface area contributed by atoms with Gasteiger partial charge in [0.05, 0.1) is 44.1 Å². The molecule has 13 N–H and O–H groups in total. The Morgan fingerprint density at radius 3 is 1.76 bits per heavy atom. The van der Waals surface area contributed by atoms with E-state index in [0.29, 0.717) is 37.7 Å². The lowest BCUT2D eigenvalue weighted by Gasteiger charge is -2.72. The smallest absolute Gasteiger partial charge is 0.335 e. The molecule has 4 saturated carbocycles. The molecule has 8 aliphatic rings. The van der Waals surface area contributed by atoms with E-state index in [-0.39, 0.29) is 24.7 Å². The predicted octanol–water partition coefficient (Wildman–Crippen LogP) is -1.32. The summed E-state index contributed by atoms with van der Waals surface area (Å²) in [7, 11) is 0. The number of carboxylic acids is 1. The summed E-state index contributed by atoms with van der Waals surface area (Å²) in [5.41, 5.74) is -3.78. The zero-order valence-corrected chi connectivity index (χ0v) is 46.4. The van der Waals surface area contributed by atoms with Crippen LogP contribution in [0.1, 0.15) is 107 Å². The van der Waals surface area contributed by atoms with Gasteiger partial charge in [0, 0.05) is 23.3 Å². The van der Waals surface area contributed by atoms with Crippen LogP contribution in [-0.4, -0.2) is 227 Å². The quantitative estimate of drug-likeness (QED) is 0.0415. The number of carbonyl (C=O) groups excluding carboxylic acids is 2. The van der Waals surface area contributed by atoms with Gasteiger partial charge in [-0.25, -0.2) is 9.59 Å². The summed E-state index contributed by atoms with van der Waals surface area (Å²) in [5.74, 6) is -3.88. The normalized spacial score (nSPS) is 50.6.